The maximum atomic E-state index is 13.2. The summed E-state index contributed by atoms with van der Waals surface area (Å²) in [6, 6.07) is 18.4. The zero-order valence-corrected chi connectivity index (χ0v) is 18.9. The Labute approximate surface area is 185 Å². The van der Waals surface area contributed by atoms with Crippen LogP contribution in [0.5, 0.6) is 0 Å². The third-order valence-corrected chi connectivity index (χ3v) is 7.85. The molecule has 2 aromatic carbocycles. The molecule has 0 bridgehead atoms. The van der Waals surface area contributed by atoms with E-state index in [-0.39, 0.29) is 23.5 Å². The van der Waals surface area contributed by atoms with Gasteiger partial charge in [0.05, 0.1) is 11.5 Å². The third kappa shape index (κ3) is 5.73. The number of carbonyl (C=O) groups is 1. The number of amides is 1. The van der Waals surface area contributed by atoms with Crippen molar-refractivity contribution >= 4 is 15.7 Å². The smallest absolute Gasteiger partial charge is 0.254 e. The Bertz CT molecular complexity index is 996. The lowest BCUT2D eigenvalue weighted by Gasteiger charge is -2.40. The van der Waals surface area contributed by atoms with Gasteiger partial charge in [0.15, 0.2) is 9.84 Å². The molecule has 2 fully saturated rings. The number of sulfone groups is 1. The normalized spacial score (nSPS) is 22.4. The first-order chi connectivity index (χ1) is 14.9. The van der Waals surface area contributed by atoms with Crippen LogP contribution in [-0.2, 0) is 22.9 Å². The van der Waals surface area contributed by atoms with Crippen molar-refractivity contribution in [3.8, 4) is 0 Å². The van der Waals surface area contributed by atoms with Gasteiger partial charge in [0.2, 0.25) is 0 Å². The lowest BCUT2D eigenvalue weighted by atomic mass is 10.1. The maximum absolute atomic E-state index is 13.2. The molecule has 6 nitrogen and oxygen atoms in total. The average molecular weight is 442 g/mol. The van der Waals surface area contributed by atoms with Gasteiger partial charge in [0, 0.05) is 57.4 Å². The van der Waals surface area contributed by atoms with Crippen LogP contribution in [0.4, 0.5) is 0 Å². The lowest BCUT2D eigenvalue weighted by Crippen LogP contribution is -2.53. The van der Waals surface area contributed by atoms with Crippen LogP contribution >= 0.6 is 0 Å². The molecular weight excluding hydrogens is 410 g/mol. The minimum atomic E-state index is -2.88. The van der Waals surface area contributed by atoms with Gasteiger partial charge in [-0.15, -0.1) is 0 Å². The molecule has 0 N–H and O–H groups in total. The Balaban J connectivity index is 1.35. The Morgan fingerprint density at radius 3 is 2.26 bits per heavy atom. The van der Waals surface area contributed by atoms with Crippen molar-refractivity contribution < 1.29 is 13.2 Å². The molecule has 2 aliphatic rings. The fourth-order valence-corrected chi connectivity index (χ4v) is 5.73. The molecule has 166 valence electrons. The first-order valence-corrected chi connectivity index (χ1v) is 12.8. The summed E-state index contributed by atoms with van der Waals surface area (Å²) >= 11 is 0. The van der Waals surface area contributed by atoms with E-state index in [4.69, 9.17) is 0 Å². The number of rotatable bonds is 5. The van der Waals surface area contributed by atoms with Crippen LogP contribution in [0.3, 0.4) is 0 Å². The van der Waals surface area contributed by atoms with Crippen LogP contribution < -0.4 is 0 Å². The largest absolute Gasteiger partial charge is 0.333 e. The number of nitrogens with zero attached hydrogens (tertiary/aromatic N) is 3. The van der Waals surface area contributed by atoms with E-state index in [0.29, 0.717) is 25.2 Å². The van der Waals surface area contributed by atoms with Crippen LogP contribution in [0.2, 0.25) is 0 Å². The van der Waals surface area contributed by atoms with Crippen molar-refractivity contribution in [2.24, 2.45) is 0 Å². The highest BCUT2D eigenvalue weighted by molar-refractivity contribution is 7.91. The van der Waals surface area contributed by atoms with Gasteiger partial charge in [-0.05, 0) is 30.2 Å². The van der Waals surface area contributed by atoms with E-state index in [0.717, 1.165) is 31.7 Å². The van der Waals surface area contributed by atoms with E-state index in [1.165, 1.54) is 5.56 Å². The molecule has 7 heteroatoms. The zero-order chi connectivity index (χ0) is 21.8. The van der Waals surface area contributed by atoms with E-state index in [1.807, 2.05) is 35.2 Å². The number of hydrogen-bond donors (Lipinski definition) is 0. The molecule has 2 heterocycles. The van der Waals surface area contributed by atoms with Crippen molar-refractivity contribution in [2.75, 3.05) is 44.2 Å². The molecule has 1 atom stereocenters. The van der Waals surface area contributed by atoms with Gasteiger partial charge in [-0.3, -0.25) is 14.6 Å². The molecule has 4 rings (SSSR count). The van der Waals surface area contributed by atoms with Crippen molar-refractivity contribution in [3.63, 3.8) is 0 Å². The quantitative estimate of drug-likeness (QED) is 0.712. The fourth-order valence-electron chi connectivity index (χ4n) is 4.46. The summed E-state index contributed by atoms with van der Waals surface area (Å²) < 4.78 is 23.3. The Hall–Kier alpha value is -2.22. The van der Waals surface area contributed by atoms with Gasteiger partial charge in [-0.2, -0.15) is 0 Å². The van der Waals surface area contributed by atoms with E-state index in [9.17, 15) is 13.2 Å². The molecule has 2 aliphatic heterocycles. The molecule has 0 spiro atoms. The molecule has 2 saturated heterocycles. The van der Waals surface area contributed by atoms with E-state index >= 15 is 0 Å². The number of hydrogen-bond acceptors (Lipinski definition) is 5. The Morgan fingerprint density at radius 1 is 0.871 bits per heavy atom. The minimum absolute atomic E-state index is 0.0786. The summed E-state index contributed by atoms with van der Waals surface area (Å²) in [5.74, 6) is 0.516. The molecule has 1 unspecified atom stereocenters. The number of piperazine rings is 1. The molecule has 0 aliphatic carbocycles. The van der Waals surface area contributed by atoms with Crippen molar-refractivity contribution in [2.45, 2.75) is 26.1 Å². The summed E-state index contributed by atoms with van der Waals surface area (Å²) in [6.45, 7) is 7.27. The summed E-state index contributed by atoms with van der Waals surface area (Å²) in [5.41, 5.74) is 3.07. The topological polar surface area (TPSA) is 60.9 Å². The SMILES string of the molecule is CC1CN(Cc2ccccc2)CCN1C(=O)c1cccc(CN2CCS(=O)(=O)CC2)c1. The van der Waals surface area contributed by atoms with Crippen LogP contribution in [-0.4, -0.2) is 79.3 Å². The zero-order valence-electron chi connectivity index (χ0n) is 18.1. The molecular formula is C24H31N3O3S. The highest BCUT2D eigenvalue weighted by Gasteiger charge is 2.28. The number of carbonyl (C=O) groups excluding carboxylic acids is 1. The second-order valence-electron chi connectivity index (χ2n) is 8.70. The second-order valence-corrected chi connectivity index (χ2v) is 11.0. The first-order valence-electron chi connectivity index (χ1n) is 11.0. The highest BCUT2D eigenvalue weighted by atomic mass is 32.2. The van der Waals surface area contributed by atoms with Crippen LogP contribution in [0.1, 0.15) is 28.4 Å². The fraction of sp³-hybridized carbons (Fsp3) is 0.458. The van der Waals surface area contributed by atoms with Crippen molar-refractivity contribution in [1.82, 2.24) is 14.7 Å². The summed E-state index contributed by atoms with van der Waals surface area (Å²) in [7, 11) is -2.88. The van der Waals surface area contributed by atoms with Gasteiger partial charge < -0.3 is 4.90 Å². The summed E-state index contributed by atoms with van der Waals surface area (Å²) in [4.78, 5) is 19.8. The number of benzene rings is 2. The van der Waals surface area contributed by atoms with Gasteiger partial charge in [0.1, 0.15) is 0 Å². The Morgan fingerprint density at radius 2 is 1.55 bits per heavy atom. The van der Waals surface area contributed by atoms with Crippen LogP contribution in [0, 0.1) is 0 Å². The molecule has 31 heavy (non-hydrogen) atoms. The molecule has 0 aromatic heterocycles. The predicted molar refractivity (Wildman–Crippen MR) is 123 cm³/mol. The minimum Gasteiger partial charge on any atom is -0.333 e. The highest BCUT2D eigenvalue weighted by Crippen LogP contribution is 2.18. The van der Waals surface area contributed by atoms with Gasteiger partial charge >= 0.3 is 0 Å². The molecule has 1 amide bonds. The van der Waals surface area contributed by atoms with Crippen LogP contribution in [0.25, 0.3) is 0 Å². The van der Waals surface area contributed by atoms with Crippen LogP contribution in [0.15, 0.2) is 54.6 Å². The van der Waals surface area contributed by atoms with Crippen molar-refractivity contribution in [1.29, 1.82) is 0 Å². The molecule has 2 aromatic rings. The maximum Gasteiger partial charge on any atom is 0.254 e. The standard InChI is InChI=1S/C24H31N3O3S/c1-20-17-26(18-21-6-3-2-4-7-21)10-11-27(20)24(28)23-9-5-8-22(16-23)19-25-12-14-31(29,30)15-13-25/h2-9,16,20H,10-15,17-19H2,1H3. The first kappa shape index (κ1) is 22.0. The molecule has 0 radical (unpaired) electrons. The van der Waals surface area contributed by atoms with Gasteiger partial charge in [-0.25, -0.2) is 8.42 Å². The monoisotopic (exact) mass is 441 g/mol. The van der Waals surface area contributed by atoms with Gasteiger partial charge in [-0.1, -0.05) is 42.5 Å². The predicted octanol–water partition coefficient (Wildman–Crippen LogP) is 2.26. The van der Waals surface area contributed by atoms with Gasteiger partial charge in [0.25, 0.3) is 5.91 Å². The average Bonchev–Trinajstić information content (AvgIpc) is 2.76. The summed E-state index contributed by atoms with van der Waals surface area (Å²) in [6.07, 6.45) is 0. The Kier molecular flexibility index (Phi) is 6.74. The lowest BCUT2D eigenvalue weighted by molar-refractivity contribution is 0.0475. The van der Waals surface area contributed by atoms with E-state index in [2.05, 4.69) is 41.0 Å². The molecule has 0 saturated carbocycles. The summed E-state index contributed by atoms with van der Waals surface area (Å²) in [5, 5.41) is 0. The third-order valence-electron chi connectivity index (χ3n) is 6.24. The van der Waals surface area contributed by atoms with E-state index in [1.54, 1.807) is 0 Å². The van der Waals surface area contributed by atoms with E-state index < -0.39 is 9.84 Å². The van der Waals surface area contributed by atoms with Crippen molar-refractivity contribution in [3.05, 3.63) is 71.3 Å². The second kappa shape index (κ2) is 9.51.